The number of fused-ring (bicyclic) bond motifs is 1. The predicted octanol–water partition coefficient (Wildman–Crippen LogP) is 2.36. The van der Waals surface area contributed by atoms with Crippen LogP contribution in [0.4, 0.5) is 5.13 Å². The monoisotopic (exact) mass is 342 g/mol. The Hall–Kier alpha value is -1.99. The third kappa shape index (κ3) is 2.78. The quantitative estimate of drug-likeness (QED) is 0.731. The number of rotatable bonds is 3. The summed E-state index contributed by atoms with van der Waals surface area (Å²) < 4.78 is 3.09. The van der Waals surface area contributed by atoms with Crippen molar-refractivity contribution < 1.29 is 0 Å². The summed E-state index contributed by atoms with van der Waals surface area (Å²) >= 11 is 1.76. The van der Waals surface area contributed by atoms with Gasteiger partial charge >= 0.3 is 0 Å². The number of hydrogen-bond acceptors (Lipinski definition) is 6. The van der Waals surface area contributed by atoms with Gasteiger partial charge in [-0.15, -0.1) is 0 Å². The highest BCUT2D eigenvalue weighted by Crippen LogP contribution is 2.31. The first kappa shape index (κ1) is 15.5. The number of aromatic nitrogens is 4. The Kier molecular flexibility index (Phi) is 3.97. The van der Waals surface area contributed by atoms with Gasteiger partial charge in [-0.2, -0.15) is 5.10 Å². The van der Waals surface area contributed by atoms with Gasteiger partial charge in [0.1, 0.15) is 0 Å². The second-order valence-electron chi connectivity index (χ2n) is 6.39. The molecule has 6 nitrogen and oxygen atoms in total. The molecule has 4 heterocycles. The molecule has 0 spiro atoms. The van der Waals surface area contributed by atoms with Crippen LogP contribution in [-0.2, 0) is 13.6 Å². The molecule has 1 aliphatic heterocycles. The maximum absolute atomic E-state index is 4.79. The highest BCUT2D eigenvalue weighted by molar-refractivity contribution is 7.22. The first-order valence-electron chi connectivity index (χ1n) is 8.30. The minimum Gasteiger partial charge on any atom is -0.345 e. The second kappa shape index (κ2) is 6.14. The van der Waals surface area contributed by atoms with E-state index in [4.69, 9.17) is 4.98 Å². The first-order chi connectivity index (χ1) is 11.6. The lowest BCUT2D eigenvalue weighted by Crippen LogP contribution is -2.46. The van der Waals surface area contributed by atoms with Gasteiger partial charge in [-0.3, -0.25) is 9.88 Å². The highest BCUT2D eigenvalue weighted by atomic mass is 32.1. The van der Waals surface area contributed by atoms with Gasteiger partial charge in [0, 0.05) is 46.0 Å². The molecule has 0 radical (unpaired) electrons. The Morgan fingerprint density at radius 2 is 1.96 bits per heavy atom. The highest BCUT2D eigenvalue weighted by Gasteiger charge is 2.22. The molecule has 7 heteroatoms. The molecule has 1 saturated heterocycles. The van der Waals surface area contributed by atoms with Gasteiger partial charge in [0.15, 0.2) is 10.8 Å². The summed E-state index contributed by atoms with van der Waals surface area (Å²) in [5.41, 5.74) is 4.53. The van der Waals surface area contributed by atoms with E-state index in [9.17, 15) is 0 Å². The molecule has 3 aromatic rings. The fourth-order valence-electron chi connectivity index (χ4n) is 3.20. The van der Waals surface area contributed by atoms with Gasteiger partial charge in [0.2, 0.25) is 0 Å². The summed E-state index contributed by atoms with van der Waals surface area (Å²) in [6.45, 7) is 9.24. The van der Waals surface area contributed by atoms with E-state index in [2.05, 4.69) is 39.8 Å². The van der Waals surface area contributed by atoms with Crippen LogP contribution in [0.2, 0.25) is 0 Å². The molecule has 4 rings (SSSR count). The van der Waals surface area contributed by atoms with Crippen LogP contribution in [0.15, 0.2) is 18.3 Å². The van der Waals surface area contributed by atoms with Crippen LogP contribution in [0.5, 0.6) is 0 Å². The topological polar surface area (TPSA) is 50.1 Å². The van der Waals surface area contributed by atoms with Crippen molar-refractivity contribution in [3.05, 3.63) is 35.3 Å². The van der Waals surface area contributed by atoms with Crippen LogP contribution in [-0.4, -0.2) is 50.8 Å². The smallest absolute Gasteiger partial charge is 0.188 e. The normalized spacial score (nSPS) is 16.2. The Morgan fingerprint density at radius 3 is 2.67 bits per heavy atom. The molecular formula is C17H22N6S. The third-order valence-electron chi connectivity index (χ3n) is 4.67. The van der Waals surface area contributed by atoms with Crippen LogP contribution in [0.1, 0.15) is 17.0 Å². The van der Waals surface area contributed by atoms with Crippen LogP contribution in [0, 0.1) is 13.8 Å². The summed E-state index contributed by atoms with van der Waals surface area (Å²) in [5.74, 6) is 0. The van der Waals surface area contributed by atoms with E-state index in [1.165, 1.54) is 16.0 Å². The average molecular weight is 342 g/mol. The van der Waals surface area contributed by atoms with Crippen molar-refractivity contribution in [3.63, 3.8) is 0 Å². The summed E-state index contributed by atoms with van der Waals surface area (Å²) in [6, 6.07) is 4.14. The van der Waals surface area contributed by atoms with Crippen molar-refractivity contribution in [1.29, 1.82) is 0 Å². The van der Waals surface area contributed by atoms with Crippen LogP contribution in [0.3, 0.4) is 0 Å². The van der Waals surface area contributed by atoms with Gasteiger partial charge in [0.05, 0.1) is 16.1 Å². The van der Waals surface area contributed by atoms with Crippen LogP contribution in [0.25, 0.3) is 10.3 Å². The number of anilines is 1. The lowest BCUT2D eigenvalue weighted by atomic mass is 10.2. The van der Waals surface area contributed by atoms with Crippen molar-refractivity contribution in [2.45, 2.75) is 20.4 Å². The molecule has 0 bridgehead atoms. The van der Waals surface area contributed by atoms with Gasteiger partial charge in [-0.05, 0) is 25.5 Å². The van der Waals surface area contributed by atoms with Gasteiger partial charge in [-0.25, -0.2) is 9.67 Å². The number of aryl methyl sites for hydroxylation is 3. The summed E-state index contributed by atoms with van der Waals surface area (Å²) in [5, 5.41) is 5.55. The lowest BCUT2D eigenvalue weighted by molar-refractivity contribution is 0.246. The summed E-state index contributed by atoms with van der Waals surface area (Å²) in [7, 11) is 1.96. The molecule has 0 atom stereocenters. The first-order valence-corrected chi connectivity index (χ1v) is 9.11. The van der Waals surface area contributed by atoms with Crippen LogP contribution < -0.4 is 4.90 Å². The fraction of sp³-hybridized carbons (Fsp3) is 0.471. The summed E-state index contributed by atoms with van der Waals surface area (Å²) in [6.07, 6.45) is 1.88. The molecule has 126 valence electrons. The Balaban J connectivity index is 1.43. The van der Waals surface area contributed by atoms with Crippen molar-refractivity contribution in [1.82, 2.24) is 24.6 Å². The fourth-order valence-corrected chi connectivity index (χ4v) is 4.29. The van der Waals surface area contributed by atoms with Crippen molar-refractivity contribution in [3.8, 4) is 0 Å². The average Bonchev–Trinajstić information content (AvgIpc) is 3.13. The lowest BCUT2D eigenvalue weighted by Gasteiger charge is -2.34. The number of hydrogen-bond donors (Lipinski definition) is 0. The van der Waals surface area contributed by atoms with Gasteiger partial charge < -0.3 is 4.90 Å². The largest absolute Gasteiger partial charge is 0.345 e. The molecule has 1 fully saturated rings. The van der Waals surface area contributed by atoms with Crippen molar-refractivity contribution in [2.75, 3.05) is 31.1 Å². The Morgan fingerprint density at radius 1 is 1.17 bits per heavy atom. The van der Waals surface area contributed by atoms with Crippen LogP contribution >= 0.6 is 11.3 Å². The molecule has 0 saturated carbocycles. The number of piperazine rings is 1. The SMILES string of the molecule is Cc1cccnc1CN1CCN(c2nc3c(s2)c(C)nn3C)CC1. The van der Waals surface area contributed by atoms with E-state index in [1.54, 1.807) is 11.3 Å². The molecule has 3 aromatic heterocycles. The molecule has 0 N–H and O–H groups in total. The molecule has 0 aromatic carbocycles. The summed E-state index contributed by atoms with van der Waals surface area (Å²) in [4.78, 5) is 14.2. The van der Waals surface area contributed by atoms with Gasteiger partial charge in [-0.1, -0.05) is 17.4 Å². The predicted molar refractivity (Wildman–Crippen MR) is 97.6 cm³/mol. The van der Waals surface area contributed by atoms with Gasteiger partial charge in [0.25, 0.3) is 0 Å². The number of nitrogens with zero attached hydrogens (tertiary/aromatic N) is 6. The maximum Gasteiger partial charge on any atom is 0.188 e. The molecule has 24 heavy (non-hydrogen) atoms. The van der Waals surface area contributed by atoms with E-state index in [0.717, 1.165) is 49.2 Å². The van der Waals surface area contributed by atoms with E-state index in [-0.39, 0.29) is 0 Å². The Labute approximate surface area is 145 Å². The van der Waals surface area contributed by atoms with Crippen molar-refractivity contribution >= 4 is 26.8 Å². The Bertz CT molecular complexity index is 825. The minimum absolute atomic E-state index is 0.934. The molecule has 0 unspecified atom stereocenters. The number of thiazole rings is 1. The maximum atomic E-state index is 4.79. The van der Waals surface area contributed by atoms with E-state index >= 15 is 0 Å². The third-order valence-corrected chi connectivity index (χ3v) is 5.88. The van der Waals surface area contributed by atoms with Crippen molar-refractivity contribution in [2.24, 2.45) is 7.05 Å². The minimum atomic E-state index is 0.934. The van der Waals surface area contributed by atoms with E-state index < -0.39 is 0 Å². The molecule has 0 aliphatic carbocycles. The number of pyridine rings is 1. The van der Waals surface area contributed by atoms with E-state index in [0.29, 0.717) is 0 Å². The zero-order valence-corrected chi connectivity index (χ0v) is 15.2. The van der Waals surface area contributed by atoms with E-state index in [1.807, 2.05) is 24.0 Å². The molecular weight excluding hydrogens is 320 g/mol. The zero-order chi connectivity index (χ0) is 16.7. The standard InChI is InChI=1S/C17H22N6S/c1-12-5-4-6-18-14(12)11-22-7-9-23(10-8-22)17-19-16-15(24-17)13(2)20-21(16)3/h4-6H,7-11H2,1-3H3. The zero-order valence-electron chi connectivity index (χ0n) is 14.4. The second-order valence-corrected chi connectivity index (χ2v) is 7.37. The molecule has 0 amide bonds. The molecule has 1 aliphatic rings.